The van der Waals surface area contributed by atoms with Gasteiger partial charge in [0.05, 0.1) is 30.1 Å². The Balaban J connectivity index is 2.21. The molecule has 0 aliphatic rings. The summed E-state index contributed by atoms with van der Waals surface area (Å²) in [5.74, 6) is -0.469. The van der Waals surface area contributed by atoms with Crippen LogP contribution in [0.1, 0.15) is 68.8 Å². The van der Waals surface area contributed by atoms with Crippen LogP contribution in [0.4, 0.5) is 4.79 Å². The maximum absolute atomic E-state index is 12.7. The highest BCUT2D eigenvalue weighted by molar-refractivity contribution is 5.85. The SMILES string of the molecule is CCOC(=O)NCC(CCO)c1cn[nH]c1[C@H](CCCc1ccccc1)NC(=O)C(C)(C)N. The minimum absolute atomic E-state index is 0.0549. The van der Waals surface area contributed by atoms with Crippen molar-refractivity contribution in [3.63, 3.8) is 0 Å². The molecule has 0 aliphatic carbocycles. The van der Waals surface area contributed by atoms with Gasteiger partial charge in [-0.05, 0) is 52.0 Å². The zero-order valence-corrected chi connectivity index (χ0v) is 19.8. The number of nitrogens with zero attached hydrogens (tertiary/aromatic N) is 1. The first-order valence-electron chi connectivity index (χ1n) is 11.4. The zero-order chi connectivity index (χ0) is 24.3. The lowest BCUT2D eigenvalue weighted by molar-refractivity contribution is -0.126. The van der Waals surface area contributed by atoms with Crippen molar-refractivity contribution in [2.45, 2.75) is 64.0 Å². The average molecular weight is 460 g/mol. The number of carbonyl (C=O) groups excluding carboxylic acids is 2. The lowest BCUT2D eigenvalue weighted by Crippen LogP contribution is -2.50. The molecule has 1 unspecified atom stereocenters. The van der Waals surface area contributed by atoms with Gasteiger partial charge in [-0.1, -0.05) is 30.3 Å². The van der Waals surface area contributed by atoms with Crippen molar-refractivity contribution in [2.75, 3.05) is 19.8 Å². The number of rotatable bonds is 13. The number of H-pyrrole nitrogens is 1. The van der Waals surface area contributed by atoms with Crippen LogP contribution in [0.3, 0.4) is 0 Å². The number of ether oxygens (including phenoxy) is 1. The molecule has 0 saturated heterocycles. The molecule has 1 aromatic carbocycles. The fourth-order valence-corrected chi connectivity index (χ4v) is 3.61. The van der Waals surface area contributed by atoms with Crippen LogP contribution in [0.25, 0.3) is 0 Å². The lowest BCUT2D eigenvalue weighted by Gasteiger charge is -2.26. The molecule has 0 fully saturated rings. The molecule has 9 heteroatoms. The van der Waals surface area contributed by atoms with Gasteiger partial charge in [-0.3, -0.25) is 9.89 Å². The van der Waals surface area contributed by atoms with Gasteiger partial charge in [0.15, 0.2) is 0 Å². The number of aliphatic hydroxyl groups excluding tert-OH is 1. The van der Waals surface area contributed by atoms with E-state index in [4.69, 9.17) is 10.5 Å². The van der Waals surface area contributed by atoms with E-state index in [1.165, 1.54) is 5.56 Å². The molecule has 0 bridgehead atoms. The predicted octanol–water partition coefficient (Wildman–Crippen LogP) is 2.54. The van der Waals surface area contributed by atoms with Crippen molar-refractivity contribution in [3.8, 4) is 0 Å². The third-order valence-electron chi connectivity index (χ3n) is 5.43. The molecule has 0 aliphatic heterocycles. The summed E-state index contributed by atoms with van der Waals surface area (Å²) in [7, 11) is 0. The maximum atomic E-state index is 12.7. The Kier molecular flexibility index (Phi) is 10.3. The number of aromatic amines is 1. The Bertz CT molecular complexity index is 863. The molecule has 2 amide bonds. The molecular formula is C24H37N5O4. The maximum Gasteiger partial charge on any atom is 0.407 e. The fraction of sp³-hybridized carbons (Fsp3) is 0.542. The minimum Gasteiger partial charge on any atom is -0.450 e. The first-order chi connectivity index (χ1) is 15.8. The van der Waals surface area contributed by atoms with E-state index in [9.17, 15) is 14.7 Å². The van der Waals surface area contributed by atoms with E-state index in [1.807, 2.05) is 18.2 Å². The quantitative estimate of drug-likeness (QED) is 0.312. The highest BCUT2D eigenvalue weighted by atomic mass is 16.5. The average Bonchev–Trinajstić information content (AvgIpc) is 3.25. The van der Waals surface area contributed by atoms with Crippen molar-refractivity contribution in [1.29, 1.82) is 0 Å². The monoisotopic (exact) mass is 459 g/mol. The molecule has 2 atom stereocenters. The van der Waals surface area contributed by atoms with Crippen molar-refractivity contribution >= 4 is 12.0 Å². The summed E-state index contributed by atoms with van der Waals surface area (Å²) in [5.41, 5.74) is 7.80. The van der Waals surface area contributed by atoms with E-state index >= 15 is 0 Å². The molecular weight excluding hydrogens is 422 g/mol. The highest BCUT2D eigenvalue weighted by Gasteiger charge is 2.29. The van der Waals surface area contributed by atoms with Gasteiger partial charge in [0.1, 0.15) is 0 Å². The normalized spacial score (nSPS) is 13.2. The number of nitrogens with one attached hydrogen (secondary N) is 3. The van der Waals surface area contributed by atoms with Crippen LogP contribution in [0.5, 0.6) is 0 Å². The Morgan fingerprint density at radius 1 is 1.24 bits per heavy atom. The van der Waals surface area contributed by atoms with Gasteiger partial charge in [-0.25, -0.2) is 4.79 Å². The highest BCUT2D eigenvalue weighted by Crippen LogP contribution is 2.29. The number of hydrogen-bond acceptors (Lipinski definition) is 6. The molecule has 33 heavy (non-hydrogen) atoms. The topological polar surface area (TPSA) is 142 Å². The molecule has 0 radical (unpaired) electrons. The third kappa shape index (κ3) is 8.51. The van der Waals surface area contributed by atoms with E-state index in [0.717, 1.165) is 24.1 Å². The van der Waals surface area contributed by atoms with Gasteiger partial charge in [-0.15, -0.1) is 0 Å². The summed E-state index contributed by atoms with van der Waals surface area (Å²) in [6, 6.07) is 9.82. The van der Waals surface area contributed by atoms with E-state index in [0.29, 0.717) is 12.8 Å². The van der Waals surface area contributed by atoms with Crippen LogP contribution < -0.4 is 16.4 Å². The Hall–Kier alpha value is -2.91. The third-order valence-corrected chi connectivity index (χ3v) is 5.43. The number of nitrogens with two attached hydrogens (primary N) is 1. The van der Waals surface area contributed by atoms with Gasteiger partial charge >= 0.3 is 6.09 Å². The van der Waals surface area contributed by atoms with Gasteiger partial charge < -0.3 is 26.2 Å². The van der Waals surface area contributed by atoms with Gasteiger partial charge in [-0.2, -0.15) is 5.10 Å². The molecule has 2 aromatic rings. The smallest absolute Gasteiger partial charge is 0.407 e. The number of alkyl carbamates (subject to hydrolysis) is 1. The second kappa shape index (κ2) is 13.0. The van der Waals surface area contributed by atoms with Crippen LogP contribution in [0, 0.1) is 0 Å². The Morgan fingerprint density at radius 3 is 2.61 bits per heavy atom. The zero-order valence-electron chi connectivity index (χ0n) is 19.8. The van der Waals surface area contributed by atoms with Crippen molar-refractivity contribution < 1.29 is 19.4 Å². The number of hydrogen-bond donors (Lipinski definition) is 5. The molecule has 1 heterocycles. The van der Waals surface area contributed by atoms with E-state index in [2.05, 4.69) is 33.0 Å². The summed E-state index contributed by atoms with van der Waals surface area (Å²) in [4.78, 5) is 24.5. The first-order valence-corrected chi connectivity index (χ1v) is 11.4. The molecule has 6 N–H and O–H groups in total. The number of benzene rings is 1. The second-order valence-electron chi connectivity index (χ2n) is 8.68. The van der Waals surface area contributed by atoms with Gasteiger partial charge in [0.2, 0.25) is 5.91 Å². The first kappa shape index (κ1) is 26.3. The summed E-state index contributed by atoms with van der Waals surface area (Å²) in [6.07, 6.45) is 3.97. The number of aliphatic hydroxyl groups is 1. The molecule has 1 aromatic heterocycles. The number of carbonyl (C=O) groups is 2. The van der Waals surface area contributed by atoms with Crippen molar-refractivity contribution in [3.05, 3.63) is 53.3 Å². The summed E-state index contributed by atoms with van der Waals surface area (Å²) < 4.78 is 4.94. The van der Waals surface area contributed by atoms with Crippen LogP contribution >= 0.6 is 0 Å². The Morgan fingerprint density at radius 2 is 1.97 bits per heavy atom. The van der Waals surface area contributed by atoms with Gasteiger partial charge in [0.25, 0.3) is 0 Å². The van der Waals surface area contributed by atoms with Crippen molar-refractivity contribution in [2.24, 2.45) is 5.73 Å². The van der Waals surface area contributed by atoms with Crippen LogP contribution in [-0.2, 0) is 16.0 Å². The van der Waals surface area contributed by atoms with Crippen LogP contribution in [0.15, 0.2) is 36.5 Å². The molecule has 0 saturated carbocycles. The molecule has 182 valence electrons. The Labute approximate surface area is 195 Å². The summed E-state index contributed by atoms with van der Waals surface area (Å²) in [6.45, 7) is 5.56. The summed E-state index contributed by atoms with van der Waals surface area (Å²) >= 11 is 0. The molecule has 9 nitrogen and oxygen atoms in total. The standard InChI is InChI=1S/C24H37N5O4/c1-4-33-23(32)26-15-18(13-14-30)19-16-27-29-21(19)20(28-22(31)24(2,3)25)12-8-11-17-9-6-5-7-10-17/h5-7,9-10,16,18,20,30H,4,8,11-15,25H2,1-3H3,(H,26,32)(H,27,29)(H,28,31)/t18?,20-/m0/s1. The van der Waals surface area contributed by atoms with Crippen molar-refractivity contribution in [1.82, 2.24) is 20.8 Å². The largest absolute Gasteiger partial charge is 0.450 e. The summed E-state index contributed by atoms with van der Waals surface area (Å²) in [5, 5.41) is 22.6. The molecule has 2 rings (SSSR count). The number of amides is 2. The molecule has 0 spiro atoms. The lowest BCUT2D eigenvalue weighted by atomic mass is 9.91. The van der Waals surface area contributed by atoms with Crippen LogP contribution in [-0.4, -0.2) is 52.6 Å². The van der Waals surface area contributed by atoms with E-state index in [1.54, 1.807) is 27.0 Å². The van der Waals surface area contributed by atoms with Gasteiger partial charge in [0, 0.05) is 24.6 Å². The minimum atomic E-state index is -1.03. The number of aryl methyl sites for hydroxylation is 1. The van der Waals surface area contributed by atoms with E-state index < -0.39 is 11.6 Å². The second-order valence-corrected chi connectivity index (χ2v) is 8.68. The van der Waals surface area contributed by atoms with E-state index in [-0.39, 0.29) is 37.6 Å². The van der Waals surface area contributed by atoms with Crippen LogP contribution in [0.2, 0.25) is 0 Å². The fourth-order valence-electron chi connectivity index (χ4n) is 3.61. The predicted molar refractivity (Wildman–Crippen MR) is 127 cm³/mol. The number of aromatic nitrogens is 2.